The van der Waals surface area contributed by atoms with Crippen LogP contribution in [0.5, 0.6) is 0 Å². The van der Waals surface area contributed by atoms with Gasteiger partial charge in [-0.25, -0.2) is 0 Å². The summed E-state index contributed by atoms with van der Waals surface area (Å²) in [5, 5.41) is 0. The number of aromatic amines is 1. The van der Waals surface area contributed by atoms with Crippen LogP contribution < -0.4 is 0 Å². The molecular weight excluding hydrogens is 198 g/mol. The van der Waals surface area contributed by atoms with Crippen LogP contribution in [0.2, 0.25) is 0 Å². The molecule has 0 spiro atoms. The lowest BCUT2D eigenvalue weighted by Crippen LogP contribution is -2.26. The Labute approximate surface area is 97.4 Å². The lowest BCUT2D eigenvalue weighted by molar-refractivity contribution is 0.0912. The van der Waals surface area contributed by atoms with Crippen LogP contribution in [0.4, 0.5) is 0 Å². The first-order valence-corrected chi connectivity index (χ1v) is 6.26. The first-order chi connectivity index (χ1) is 7.52. The molecule has 1 N–H and O–H groups in total. The van der Waals surface area contributed by atoms with E-state index in [-0.39, 0.29) is 5.41 Å². The molecule has 16 heavy (non-hydrogen) atoms. The zero-order chi connectivity index (χ0) is 11.8. The molecule has 0 aromatic carbocycles. The third kappa shape index (κ3) is 2.21. The molecule has 1 aromatic heterocycles. The average molecular weight is 219 g/mol. The van der Waals surface area contributed by atoms with Crippen molar-refractivity contribution in [3.8, 4) is 0 Å². The molecule has 1 aliphatic carbocycles. The molecular formula is C14H21NO. The molecule has 0 bridgehead atoms. The molecule has 0 radical (unpaired) electrons. The standard InChI is InChI=1S/C14H21NO/c1-4-5-6-10-7-11-12(15-10)8-14(2,3)9-13(11)16/h7,15H,4-6,8-9H2,1-3H3. The summed E-state index contributed by atoms with van der Waals surface area (Å²) in [4.78, 5) is 15.4. The van der Waals surface area contributed by atoms with Gasteiger partial charge in [0.2, 0.25) is 0 Å². The molecule has 0 aliphatic heterocycles. The van der Waals surface area contributed by atoms with E-state index in [2.05, 4.69) is 31.8 Å². The minimum Gasteiger partial charge on any atom is -0.362 e. The van der Waals surface area contributed by atoms with Crippen molar-refractivity contribution >= 4 is 5.78 Å². The molecule has 0 fully saturated rings. The highest BCUT2D eigenvalue weighted by Crippen LogP contribution is 2.34. The maximum Gasteiger partial charge on any atom is 0.165 e. The third-order valence-electron chi connectivity index (χ3n) is 3.35. The van der Waals surface area contributed by atoms with Gasteiger partial charge in [-0.2, -0.15) is 0 Å². The van der Waals surface area contributed by atoms with Crippen LogP contribution in [0, 0.1) is 5.41 Å². The molecule has 0 atom stereocenters. The van der Waals surface area contributed by atoms with Gasteiger partial charge in [0.1, 0.15) is 0 Å². The van der Waals surface area contributed by atoms with Crippen LogP contribution in [0.25, 0.3) is 0 Å². The lowest BCUT2D eigenvalue weighted by Gasteiger charge is -2.27. The summed E-state index contributed by atoms with van der Waals surface area (Å²) in [6.07, 6.45) is 5.14. The maximum absolute atomic E-state index is 12.0. The minimum absolute atomic E-state index is 0.122. The zero-order valence-electron chi connectivity index (χ0n) is 10.5. The summed E-state index contributed by atoms with van der Waals surface area (Å²) in [6.45, 7) is 6.53. The van der Waals surface area contributed by atoms with Gasteiger partial charge >= 0.3 is 0 Å². The number of nitrogens with one attached hydrogen (secondary N) is 1. The number of aromatic nitrogens is 1. The number of carbonyl (C=O) groups excluding carboxylic acids is 1. The SMILES string of the molecule is CCCCc1cc2c([nH]1)CC(C)(C)CC2=O. The maximum atomic E-state index is 12.0. The fourth-order valence-corrected chi connectivity index (χ4v) is 2.52. The van der Waals surface area contributed by atoms with Gasteiger partial charge in [0.25, 0.3) is 0 Å². The van der Waals surface area contributed by atoms with Crippen molar-refractivity contribution in [2.45, 2.75) is 52.9 Å². The monoisotopic (exact) mass is 219 g/mol. The summed E-state index contributed by atoms with van der Waals surface area (Å²) >= 11 is 0. The predicted molar refractivity (Wildman–Crippen MR) is 65.8 cm³/mol. The molecule has 2 nitrogen and oxygen atoms in total. The highest BCUT2D eigenvalue weighted by atomic mass is 16.1. The first kappa shape index (κ1) is 11.4. The van der Waals surface area contributed by atoms with Crippen molar-refractivity contribution < 1.29 is 4.79 Å². The van der Waals surface area contributed by atoms with Crippen LogP contribution >= 0.6 is 0 Å². The normalized spacial score (nSPS) is 18.6. The first-order valence-electron chi connectivity index (χ1n) is 6.26. The van der Waals surface area contributed by atoms with Gasteiger partial charge in [-0.05, 0) is 30.7 Å². The number of hydrogen-bond donors (Lipinski definition) is 1. The number of carbonyl (C=O) groups is 1. The molecule has 2 heteroatoms. The Kier molecular flexibility index (Phi) is 2.92. The Hall–Kier alpha value is -1.05. The molecule has 0 saturated heterocycles. The lowest BCUT2D eigenvalue weighted by atomic mass is 9.76. The fourth-order valence-electron chi connectivity index (χ4n) is 2.52. The fraction of sp³-hybridized carbons (Fsp3) is 0.643. The largest absolute Gasteiger partial charge is 0.362 e. The molecule has 1 aliphatic rings. The molecule has 2 rings (SSSR count). The predicted octanol–water partition coefficient (Wildman–Crippen LogP) is 3.51. The van der Waals surface area contributed by atoms with Crippen LogP contribution in [0.15, 0.2) is 6.07 Å². The van der Waals surface area contributed by atoms with Crippen molar-refractivity contribution in [2.24, 2.45) is 5.41 Å². The Balaban J connectivity index is 2.23. The zero-order valence-corrected chi connectivity index (χ0v) is 10.5. The van der Waals surface area contributed by atoms with Gasteiger partial charge in [-0.15, -0.1) is 0 Å². The third-order valence-corrected chi connectivity index (χ3v) is 3.35. The quantitative estimate of drug-likeness (QED) is 0.829. The van der Waals surface area contributed by atoms with Gasteiger partial charge in [-0.3, -0.25) is 4.79 Å². The van der Waals surface area contributed by atoms with Crippen molar-refractivity contribution in [1.29, 1.82) is 0 Å². The summed E-state index contributed by atoms with van der Waals surface area (Å²) in [5.74, 6) is 0.310. The van der Waals surface area contributed by atoms with E-state index in [9.17, 15) is 4.79 Å². The molecule has 0 saturated carbocycles. The molecule has 0 unspecified atom stereocenters. The minimum atomic E-state index is 0.122. The average Bonchev–Trinajstić information content (AvgIpc) is 2.56. The summed E-state index contributed by atoms with van der Waals surface area (Å²) in [5.41, 5.74) is 3.47. The van der Waals surface area contributed by atoms with E-state index < -0.39 is 0 Å². The Bertz CT molecular complexity index is 401. The molecule has 1 aromatic rings. The van der Waals surface area contributed by atoms with Gasteiger partial charge in [0, 0.05) is 23.4 Å². The van der Waals surface area contributed by atoms with E-state index in [1.54, 1.807) is 0 Å². The number of hydrogen-bond acceptors (Lipinski definition) is 1. The number of aryl methyl sites for hydroxylation is 1. The number of ketones is 1. The van der Waals surface area contributed by atoms with E-state index in [1.807, 2.05) is 0 Å². The van der Waals surface area contributed by atoms with Gasteiger partial charge < -0.3 is 4.98 Å². The van der Waals surface area contributed by atoms with E-state index in [1.165, 1.54) is 18.5 Å². The van der Waals surface area contributed by atoms with Gasteiger partial charge in [0.15, 0.2) is 5.78 Å². The Morgan fingerprint density at radius 3 is 2.81 bits per heavy atom. The molecule has 1 heterocycles. The number of H-pyrrole nitrogens is 1. The Morgan fingerprint density at radius 2 is 2.12 bits per heavy atom. The molecule has 0 amide bonds. The second-order valence-electron chi connectivity index (χ2n) is 5.73. The van der Waals surface area contributed by atoms with Crippen LogP contribution in [-0.2, 0) is 12.8 Å². The van der Waals surface area contributed by atoms with Crippen molar-refractivity contribution in [3.05, 3.63) is 23.0 Å². The van der Waals surface area contributed by atoms with Crippen LogP contribution in [0.3, 0.4) is 0 Å². The van der Waals surface area contributed by atoms with Crippen molar-refractivity contribution in [1.82, 2.24) is 4.98 Å². The van der Waals surface area contributed by atoms with Crippen molar-refractivity contribution in [2.75, 3.05) is 0 Å². The van der Waals surface area contributed by atoms with Crippen LogP contribution in [-0.4, -0.2) is 10.8 Å². The van der Waals surface area contributed by atoms with E-state index in [4.69, 9.17) is 0 Å². The number of rotatable bonds is 3. The van der Waals surface area contributed by atoms with E-state index in [0.29, 0.717) is 12.2 Å². The highest BCUT2D eigenvalue weighted by molar-refractivity contribution is 5.99. The summed E-state index contributed by atoms with van der Waals surface area (Å²) < 4.78 is 0. The Morgan fingerprint density at radius 1 is 1.38 bits per heavy atom. The van der Waals surface area contributed by atoms with Gasteiger partial charge in [0.05, 0.1) is 0 Å². The van der Waals surface area contributed by atoms with E-state index >= 15 is 0 Å². The topological polar surface area (TPSA) is 32.9 Å². The van der Waals surface area contributed by atoms with Gasteiger partial charge in [-0.1, -0.05) is 27.2 Å². The number of Topliss-reactive ketones (excluding diaryl/α,β-unsaturated/α-hetero) is 1. The summed E-state index contributed by atoms with van der Waals surface area (Å²) in [7, 11) is 0. The van der Waals surface area contributed by atoms with Crippen molar-refractivity contribution in [3.63, 3.8) is 0 Å². The number of fused-ring (bicyclic) bond motifs is 1. The number of unbranched alkanes of at least 4 members (excludes halogenated alkanes) is 1. The smallest absolute Gasteiger partial charge is 0.165 e. The second kappa shape index (κ2) is 4.08. The highest BCUT2D eigenvalue weighted by Gasteiger charge is 2.32. The second-order valence-corrected chi connectivity index (χ2v) is 5.73. The van der Waals surface area contributed by atoms with Crippen LogP contribution in [0.1, 0.15) is 61.8 Å². The van der Waals surface area contributed by atoms with E-state index in [0.717, 1.165) is 24.1 Å². The summed E-state index contributed by atoms with van der Waals surface area (Å²) in [6, 6.07) is 2.07. The molecule has 88 valence electrons.